The van der Waals surface area contributed by atoms with Crippen LogP contribution in [0.4, 0.5) is 10.5 Å². The van der Waals surface area contributed by atoms with E-state index in [0.717, 1.165) is 38.6 Å². The van der Waals surface area contributed by atoms with Gasteiger partial charge in [0.05, 0.1) is 19.8 Å². The average Bonchev–Trinajstić information content (AvgIpc) is 2.56. The van der Waals surface area contributed by atoms with E-state index in [-0.39, 0.29) is 12.4 Å². The lowest BCUT2D eigenvalue weighted by Crippen LogP contribution is -2.38. The van der Waals surface area contributed by atoms with Crippen molar-refractivity contribution in [1.29, 1.82) is 0 Å². The monoisotopic (exact) mass is 358 g/mol. The highest BCUT2D eigenvalue weighted by molar-refractivity contribution is 5.85. The Balaban J connectivity index is 0.00000288. The summed E-state index contributed by atoms with van der Waals surface area (Å²) in [6, 6.07) is 7.30. The Hall–Kier alpha value is -1.50. The lowest BCUT2D eigenvalue weighted by molar-refractivity contribution is 0.0322. The van der Waals surface area contributed by atoms with E-state index in [0.29, 0.717) is 24.8 Å². The molecule has 1 N–H and O–H groups in total. The van der Waals surface area contributed by atoms with E-state index in [9.17, 15) is 4.79 Å². The fourth-order valence-electron chi connectivity index (χ4n) is 2.15. The Kier molecular flexibility index (Phi) is 9.52. The fourth-order valence-corrected chi connectivity index (χ4v) is 2.15. The molecule has 0 aliphatic carbocycles. The Morgan fingerprint density at radius 1 is 1.25 bits per heavy atom. The van der Waals surface area contributed by atoms with Crippen molar-refractivity contribution in [3.8, 4) is 5.75 Å². The molecule has 1 aromatic carbocycles. The number of ether oxygens (including phenoxy) is 3. The molecule has 24 heavy (non-hydrogen) atoms. The second-order valence-corrected chi connectivity index (χ2v) is 5.94. The minimum atomic E-state index is -0.431. The molecule has 0 saturated carbocycles. The molecule has 0 radical (unpaired) electrons. The van der Waals surface area contributed by atoms with Crippen LogP contribution in [0.3, 0.4) is 0 Å². The quantitative estimate of drug-likeness (QED) is 0.811. The first kappa shape index (κ1) is 20.5. The van der Waals surface area contributed by atoms with Gasteiger partial charge < -0.3 is 14.2 Å². The SMILES string of the molecule is CC(C)COC(=O)Nc1ccc(OCCN2CCOCC2)cc1.Cl. The summed E-state index contributed by atoms with van der Waals surface area (Å²) in [5, 5.41) is 2.69. The average molecular weight is 359 g/mol. The number of carbonyl (C=O) groups is 1. The van der Waals surface area contributed by atoms with E-state index in [1.165, 1.54) is 0 Å². The predicted octanol–water partition coefficient (Wildman–Crippen LogP) is 3.02. The molecule has 136 valence electrons. The van der Waals surface area contributed by atoms with Gasteiger partial charge in [0.1, 0.15) is 12.4 Å². The zero-order valence-corrected chi connectivity index (χ0v) is 15.1. The number of carbonyl (C=O) groups excluding carboxylic acids is 1. The molecule has 1 heterocycles. The van der Waals surface area contributed by atoms with E-state index in [1.54, 1.807) is 12.1 Å². The van der Waals surface area contributed by atoms with Crippen LogP contribution in [0.15, 0.2) is 24.3 Å². The van der Waals surface area contributed by atoms with Crippen molar-refractivity contribution < 1.29 is 19.0 Å². The van der Waals surface area contributed by atoms with Crippen LogP contribution < -0.4 is 10.1 Å². The molecule has 1 aromatic rings. The molecule has 0 aromatic heterocycles. The highest BCUT2D eigenvalue weighted by Crippen LogP contribution is 2.16. The number of amides is 1. The molecule has 2 rings (SSSR count). The molecule has 0 spiro atoms. The summed E-state index contributed by atoms with van der Waals surface area (Å²) in [6.07, 6.45) is -0.431. The van der Waals surface area contributed by atoms with Crippen LogP contribution in [0.1, 0.15) is 13.8 Å². The Morgan fingerprint density at radius 3 is 2.54 bits per heavy atom. The van der Waals surface area contributed by atoms with E-state index in [2.05, 4.69) is 10.2 Å². The molecule has 6 nitrogen and oxygen atoms in total. The van der Waals surface area contributed by atoms with Crippen LogP contribution in [-0.2, 0) is 9.47 Å². The highest BCUT2D eigenvalue weighted by atomic mass is 35.5. The summed E-state index contributed by atoms with van der Waals surface area (Å²) in [5.41, 5.74) is 0.694. The van der Waals surface area contributed by atoms with Crippen molar-refractivity contribution in [2.24, 2.45) is 5.92 Å². The van der Waals surface area contributed by atoms with Gasteiger partial charge in [-0.25, -0.2) is 4.79 Å². The van der Waals surface area contributed by atoms with Crippen molar-refractivity contribution in [3.63, 3.8) is 0 Å². The van der Waals surface area contributed by atoms with Gasteiger partial charge in [-0.05, 0) is 30.2 Å². The summed E-state index contributed by atoms with van der Waals surface area (Å²) in [6.45, 7) is 9.46. The van der Waals surface area contributed by atoms with Gasteiger partial charge >= 0.3 is 6.09 Å². The van der Waals surface area contributed by atoms with E-state index in [4.69, 9.17) is 14.2 Å². The molecule has 1 saturated heterocycles. The van der Waals surface area contributed by atoms with Gasteiger partial charge in [-0.1, -0.05) is 13.8 Å². The summed E-state index contributed by atoms with van der Waals surface area (Å²) in [5.74, 6) is 1.11. The standard InChI is InChI=1S/C17H26N2O4.ClH/c1-14(2)13-23-17(20)18-15-3-5-16(6-4-15)22-12-9-19-7-10-21-11-8-19;/h3-6,14H,7-13H2,1-2H3,(H,18,20);1H. The van der Waals surface area contributed by atoms with Crippen LogP contribution in [0.2, 0.25) is 0 Å². The minimum Gasteiger partial charge on any atom is -0.492 e. The Morgan fingerprint density at radius 2 is 1.92 bits per heavy atom. The Bertz CT molecular complexity index is 476. The maximum atomic E-state index is 11.6. The van der Waals surface area contributed by atoms with Crippen LogP contribution in [-0.4, -0.2) is 57.1 Å². The van der Waals surface area contributed by atoms with Crippen molar-refractivity contribution >= 4 is 24.2 Å². The number of hydrogen-bond donors (Lipinski definition) is 1. The third-order valence-corrected chi connectivity index (χ3v) is 3.43. The summed E-state index contributed by atoms with van der Waals surface area (Å²) in [7, 11) is 0. The van der Waals surface area contributed by atoms with Gasteiger partial charge in [-0.15, -0.1) is 12.4 Å². The van der Waals surface area contributed by atoms with Crippen LogP contribution in [0, 0.1) is 5.92 Å². The number of morpholine rings is 1. The molecule has 7 heteroatoms. The van der Waals surface area contributed by atoms with Crippen molar-refractivity contribution in [3.05, 3.63) is 24.3 Å². The first-order valence-electron chi connectivity index (χ1n) is 8.10. The normalized spacial score (nSPS) is 14.8. The van der Waals surface area contributed by atoms with E-state index in [1.807, 2.05) is 26.0 Å². The molecule has 0 atom stereocenters. The largest absolute Gasteiger partial charge is 0.492 e. The van der Waals surface area contributed by atoms with Crippen molar-refractivity contribution in [2.45, 2.75) is 13.8 Å². The third-order valence-electron chi connectivity index (χ3n) is 3.43. The maximum absolute atomic E-state index is 11.6. The second kappa shape index (κ2) is 11.1. The maximum Gasteiger partial charge on any atom is 0.411 e. The lowest BCUT2D eigenvalue weighted by atomic mass is 10.2. The van der Waals surface area contributed by atoms with Crippen LogP contribution in [0.5, 0.6) is 5.75 Å². The van der Waals surface area contributed by atoms with Gasteiger partial charge in [0.15, 0.2) is 0 Å². The minimum absolute atomic E-state index is 0. The van der Waals surface area contributed by atoms with Crippen LogP contribution >= 0.6 is 12.4 Å². The van der Waals surface area contributed by atoms with Gasteiger partial charge in [-0.2, -0.15) is 0 Å². The summed E-state index contributed by atoms with van der Waals surface area (Å²) >= 11 is 0. The first-order valence-corrected chi connectivity index (χ1v) is 8.10. The predicted molar refractivity (Wildman–Crippen MR) is 96.3 cm³/mol. The van der Waals surface area contributed by atoms with Gasteiger partial charge in [0.2, 0.25) is 0 Å². The number of hydrogen-bond acceptors (Lipinski definition) is 5. The second-order valence-electron chi connectivity index (χ2n) is 5.94. The molecular formula is C17H27ClN2O4. The number of anilines is 1. The van der Waals surface area contributed by atoms with Gasteiger partial charge in [0, 0.05) is 25.3 Å². The number of nitrogens with zero attached hydrogens (tertiary/aromatic N) is 1. The number of halogens is 1. The number of benzene rings is 1. The molecule has 1 aliphatic rings. The zero-order valence-electron chi connectivity index (χ0n) is 14.3. The first-order chi connectivity index (χ1) is 11.1. The fraction of sp³-hybridized carbons (Fsp3) is 0.588. The number of rotatable bonds is 7. The molecule has 1 aliphatic heterocycles. The summed E-state index contributed by atoms with van der Waals surface area (Å²) < 4.78 is 16.1. The molecule has 1 amide bonds. The van der Waals surface area contributed by atoms with Gasteiger partial charge in [0.25, 0.3) is 0 Å². The van der Waals surface area contributed by atoms with E-state index >= 15 is 0 Å². The Labute approximate surface area is 149 Å². The van der Waals surface area contributed by atoms with Crippen molar-refractivity contribution in [2.75, 3.05) is 51.4 Å². The zero-order chi connectivity index (χ0) is 16.5. The topological polar surface area (TPSA) is 60.0 Å². The highest BCUT2D eigenvalue weighted by Gasteiger charge is 2.10. The smallest absolute Gasteiger partial charge is 0.411 e. The molecular weight excluding hydrogens is 332 g/mol. The lowest BCUT2D eigenvalue weighted by Gasteiger charge is -2.26. The van der Waals surface area contributed by atoms with Crippen molar-refractivity contribution in [1.82, 2.24) is 4.90 Å². The van der Waals surface area contributed by atoms with E-state index < -0.39 is 6.09 Å². The molecule has 0 bridgehead atoms. The third kappa shape index (κ3) is 7.86. The van der Waals surface area contributed by atoms with Gasteiger partial charge in [-0.3, -0.25) is 10.2 Å². The molecule has 0 unspecified atom stereocenters. The van der Waals surface area contributed by atoms with Crippen LogP contribution in [0.25, 0.3) is 0 Å². The summed E-state index contributed by atoms with van der Waals surface area (Å²) in [4.78, 5) is 13.9. The molecule has 1 fully saturated rings. The number of nitrogens with one attached hydrogen (secondary N) is 1.